The number of benzene rings is 1. The van der Waals surface area contributed by atoms with Gasteiger partial charge in [0.1, 0.15) is 0 Å². The van der Waals surface area contributed by atoms with E-state index in [1.54, 1.807) is 31.2 Å². The van der Waals surface area contributed by atoms with Crippen LogP contribution in [0.3, 0.4) is 0 Å². The number of nitrogens with one attached hydrogen (secondary N) is 2. The van der Waals surface area contributed by atoms with E-state index in [9.17, 15) is 14.4 Å². The molecule has 0 radical (unpaired) electrons. The Bertz CT molecular complexity index is 723. The molecule has 2 aromatic rings. The molecule has 20 heavy (non-hydrogen) atoms. The highest BCUT2D eigenvalue weighted by Gasteiger charge is 2.16. The number of fused-ring (bicyclic) bond motifs is 1. The van der Waals surface area contributed by atoms with Gasteiger partial charge < -0.3 is 11.1 Å². The molecule has 4 N–H and O–H groups in total. The molecule has 2 amide bonds. The first-order valence-electron chi connectivity index (χ1n) is 6.05. The van der Waals surface area contributed by atoms with E-state index in [2.05, 4.69) is 15.5 Å². The maximum atomic E-state index is 12.1. The quantitative estimate of drug-likeness (QED) is 0.722. The Morgan fingerprint density at radius 2 is 2.00 bits per heavy atom. The zero-order chi connectivity index (χ0) is 14.7. The zero-order valence-corrected chi connectivity index (χ0v) is 10.8. The minimum atomic E-state index is -0.503. The molecular formula is C13H14N4O3. The van der Waals surface area contributed by atoms with Gasteiger partial charge in [-0.15, -0.1) is 0 Å². The second-order valence-electron chi connectivity index (χ2n) is 4.49. The first-order valence-corrected chi connectivity index (χ1v) is 6.05. The first kappa shape index (κ1) is 13.7. The van der Waals surface area contributed by atoms with Crippen molar-refractivity contribution in [3.05, 3.63) is 40.3 Å². The fourth-order valence-electron chi connectivity index (χ4n) is 1.93. The van der Waals surface area contributed by atoms with E-state index < -0.39 is 17.9 Å². The number of rotatable bonds is 4. The molecule has 1 unspecified atom stereocenters. The van der Waals surface area contributed by atoms with E-state index in [1.165, 1.54) is 0 Å². The second kappa shape index (κ2) is 5.52. The third kappa shape index (κ3) is 2.82. The number of carbonyl (C=O) groups excluding carboxylic acids is 2. The van der Waals surface area contributed by atoms with Crippen molar-refractivity contribution in [2.24, 2.45) is 5.73 Å². The van der Waals surface area contributed by atoms with Crippen molar-refractivity contribution in [1.29, 1.82) is 0 Å². The van der Waals surface area contributed by atoms with Crippen LogP contribution in [0.2, 0.25) is 0 Å². The van der Waals surface area contributed by atoms with Crippen LogP contribution in [0.5, 0.6) is 0 Å². The van der Waals surface area contributed by atoms with Crippen LogP contribution in [0.25, 0.3) is 10.8 Å². The molecule has 7 nitrogen and oxygen atoms in total. The van der Waals surface area contributed by atoms with Crippen LogP contribution in [0.1, 0.15) is 23.8 Å². The number of hydrogen-bond donors (Lipinski definition) is 3. The first-order chi connectivity index (χ1) is 9.49. The number of hydrogen-bond acceptors (Lipinski definition) is 4. The van der Waals surface area contributed by atoms with Gasteiger partial charge in [-0.1, -0.05) is 18.2 Å². The van der Waals surface area contributed by atoms with E-state index in [-0.39, 0.29) is 17.7 Å². The number of nitrogens with two attached hydrogens (primary N) is 1. The number of amides is 2. The van der Waals surface area contributed by atoms with Crippen molar-refractivity contribution < 1.29 is 9.59 Å². The molecule has 0 aliphatic heterocycles. The van der Waals surface area contributed by atoms with Crippen LogP contribution in [0.4, 0.5) is 0 Å². The lowest BCUT2D eigenvalue weighted by Crippen LogP contribution is -2.36. The number of aromatic amines is 1. The summed E-state index contributed by atoms with van der Waals surface area (Å²) in [5.74, 6) is -0.969. The van der Waals surface area contributed by atoms with Gasteiger partial charge in [-0.2, -0.15) is 5.10 Å². The number of carbonyl (C=O) groups is 2. The normalized spacial score (nSPS) is 12.1. The van der Waals surface area contributed by atoms with E-state index in [1.807, 2.05) is 0 Å². The van der Waals surface area contributed by atoms with Crippen molar-refractivity contribution in [1.82, 2.24) is 15.5 Å². The van der Waals surface area contributed by atoms with Crippen molar-refractivity contribution >= 4 is 22.6 Å². The van der Waals surface area contributed by atoms with Crippen LogP contribution in [-0.2, 0) is 4.79 Å². The van der Waals surface area contributed by atoms with Gasteiger partial charge in [0.05, 0.1) is 5.39 Å². The summed E-state index contributed by atoms with van der Waals surface area (Å²) in [6.07, 6.45) is 0.0347. The summed E-state index contributed by atoms with van der Waals surface area (Å²) in [7, 11) is 0. The van der Waals surface area contributed by atoms with E-state index in [4.69, 9.17) is 5.73 Å². The molecule has 0 spiro atoms. The summed E-state index contributed by atoms with van der Waals surface area (Å²) in [5.41, 5.74) is 4.81. The molecule has 1 heterocycles. The fourth-order valence-corrected chi connectivity index (χ4v) is 1.93. The average molecular weight is 274 g/mol. The van der Waals surface area contributed by atoms with Crippen molar-refractivity contribution in [3.8, 4) is 0 Å². The molecule has 0 aliphatic carbocycles. The Kier molecular flexibility index (Phi) is 3.79. The largest absolute Gasteiger partial charge is 0.370 e. The molecule has 1 atom stereocenters. The molecule has 104 valence electrons. The topological polar surface area (TPSA) is 118 Å². The molecule has 1 aromatic heterocycles. The lowest BCUT2D eigenvalue weighted by Gasteiger charge is -2.12. The Balaban J connectivity index is 2.34. The highest BCUT2D eigenvalue weighted by molar-refractivity contribution is 6.04. The summed E-state index contributed by atoms with van der Waals surface area (Å²) >= 11 is 0. The van der Waals surface area contributed by atoms with Crippen LogP contribution in [0.15, 0.2) is 29.1 Å². The Labute approximate surface area is 114 Å². The number of primary amides is 1. The molecular weight excluding hydrogens is 260 g/mol. The summed E-state index contributed by atoms with van der Waals surface area (Å²) in [6.45, 7) is 1.66. The van der Waals surface area contributed by atoms with Crippen LogP contribution in [0, 0.1) is 0 Å². The van der Waals surface area contributed by atoms with E-state index in [0.29, 0.717) is 10.8 Å². The standard InChI is InChI=1S/C13H14N4O3/c1-7(6-10(14)18)15-13(20)11-8-4-2-3-5-9(8)12(19)17-16-11/h2-5,7H,6H2,1H3,(H2,14,18)(H,15,20)(H,17,19). The van der Waals surface area contributed by atoms with E-state index in [0.717, 1.165) is 0 Å². The lowest BCUT2D eigenvalue weighted by molar-refractivity contribution is -0.118. The average Bonchev–Trinajstić information content (AvgIpc) is 2.38. The summed E-state index contributed by atoms with van der Waals surface area (Å²) < 4.78 is 0. The smallest absolute Gasteiger partial charge is 0.272 e. The fraction of sp³-hybridized carbons (Fsp3) is 0.231. The van der Waals surface area contributed by atoms with Gasteiger partial charge in [-0.05, 0) is 13.0 Å². The summed E-state index contributed by atoms with van der Waals surface area (Å²) in [5, 5.41) is 9.51. The zero-order valence-electron chi connectivity index (χ0n) is 10.8. The van der Waals surface area contributed by atoms with Crippen LogP contribution >= 0.6 is 0 Å². The second-order valence-corrected chi connectivity index (χ2v) is 4.49. The van der Waals surface area contributed by atoms with Gasteiger partial charge in [0.2, 0.25) is 5.91 Å². The predicted molar refractivity (Wildman–Crippen MR) is 73.1 cm³/mol. The molecule has 1 aromatic carbocycles. The number of aromatic nitrogens is 2. The molecule has 0 bridgehead atoms. The maximum absolute atomic E-state index is 12.1. The van der Waals surface area contributed by atoms with Crippen LogP contribution in [-0.4, -0.2) is 28.1 Å². The van der Waals surface area contributed by atoms with Crippen molar-refractivity contribution in [2.45, 2.75) is 19.4 Å². The number of nitrogens with zero attached hydrogens (tertiary/aromatic N) is 1. The minimum absolute atomic E-state index is 0.0347. The lowest BCUT2D eigenvalue weighted by atomic mass is 10.1. The molecule has 0 fully saturated rings. The van der Waals surface area contributed by atoms with Gasteiger partial charge >= 0.3 is 0 Å². The Hall–Kier alpha value is -2.70. The molecule has 0 saturated carbocycles. The van der Waals surface area contributed by atoms with Crippen LogP contribution < -0.4 is 16.6 Å². The summed E-state index contributed by atoms with van der Waals surface area (Å²) in [4.78, 5) is 34.5. The summed E-state index contributed by atoms with van der Waals surface area (Å²) in [6, 6.07) is 6.26. The van der Waals surface area contributed by atoms with Gasteiger partial charge in [-0.25, -0.2) is 5.10 Å². The number of H-pyrrole nitrogens is 1. The molecule has 0 aliphatic rings. The van der Waals surface area contributed by atoms with Gasteiger partial charge in [0.15, 0.2) is 5.69 Å². The molecule has 0 saturated heterocycles. The third-order valence-electron chi connectivity index (χ3n) is 2.80. The van der Waals surface area contributed by atoms with Gasteiger partial charge in [-0.3, -0.25) is 14.4 Å². The monoisotopic (exact) mass is 274 g/mol. The van der Waals surface area contributed by atoms with Gasteiger partial charge in [0, 0.05) is 17.8 Å². The minimum Gasteiger partial charge on any atom is -0.370 e. The Morgan fingerprint density at radius 1 is 1.35 bits per heavy atom. The van der Waals surface area contributed by atoms with Crippen molar-refractivity contribution in [2.75, 3.05) is 0 Å². The van der Waals surface area contributed by atoms with E-state index >= 15 is 0 Å². The highest BCUT2D eigenvalue weighted by atomic mass is 16.2. The maximum Gasteiger partial charge on any atom is 0.272 e. The third-order valence-corrected chi connectivity index (χ3v) is 2.80. The highest BCUT2D eigenvalue weighted by Crippen LogP contribution is 2.12. The van der Waals surface area contributed by atoms with Crippen molar-refractivity contribution in [3.63, 3.8) is 0 Å². The van der Waals surface area contributed by atoms with Gasteiger partial charge in [0.25, 0.3) is 11.5 Å². The molecule has 7 heteroatoms. The Morgan fingerprint density at radius 3 is 2.65 bits per heavy atom. The SMILES string of the molecule is CC(CC(N)=O)NC(=O)c1n[nH]c(=O)c2ccccc12. The molecule has 2 rings (SSSR count). The predicted octanol–water partition coefficient (Wildman–Crippen LogP) is -0.0832.